The van der Waals surface area contributed by atoms with Crippen LogP contribution in [0, 0.1) is 17.3 Å². The summed E-state index contributed by atoms with van der Waals surface area (Å²) in [7, 11) is 0. The van der Waals surface area contributed by atoms with Crippen LogP contribution in [0.5, 0.6) is 11.6 Å². The van der Waals surface area contributed by atoms with Gasteiger partial charge >= 0.3 is 12.5 Å². The molecule has 1 aromatic carbocycles. The number of hydrogen-bond donors (Lipinski definition) is 1. The minimum absolute atomic E-state index is 0.0148. The normalized spacial score (nSPS) is 29.3. The van der Waals surface area contributed by atoms with Gasteiger partial charge in [-0.1, -0.05) is 34.1 Å². The molecular formula is C31H36F5N3O6. The molecule has 0 unspecified atom stereocenters. The van der Waals surface area contributed by atoms with Crippen LogP contribution < -0.4 is 14.8 Å². The van der Waals surface area contributed by atoms with Gasteiger partial charge in [-0.15, -0.1) is 13.2 Å². The summed E-state index contributed by atoms with van der Waals surface area (Å²) < 4.78 is 85.9. The average molecular weight is 642 g/mol. The van der Waals surface area contributed by atoms with Crippen molar-refractivity contribution in [1.29, 1.82) is 0 Å². The lowest BCUT2D eigenvalue weighted by Gasteiger charge is -2.34. The molecule has 45 heavy (non-hydrogen) atoms. The number of nitrogens with one attached hydrogen (secondary N) is 1. The van der Waals surface area contributed by atoms with Crippen molar-refractivity contribution in [3.05, 3.63) is 29.8 Å². The van der Waals surface area contributed by atoms with E-state index in [1.165, 1.54) is 11.0 Å². The van der Waals surface area contributed by atoms with E-state index in [1.807, 2.05) is 0 Å². The Morgan fingerprint density at radius 1 is 1.09 bits per heavy atom. The number of carbonyl (C=O) groups excluding carboxylic acids is 3. The summed E-state index contributed by atoms with van der Waals surface area (Å²) in [5, 5.41) is 2.82. The zero-order valence-corrected chi connectivity index (χ0v) is 25.3. The van der Waals surface area contributed by atoms with Gasteiger partial charge in [-0.2, -0.15) is 0 Å². The predicted molar refractivity (Wildman–Crippen MR) is 151 cm³/mol. The molecule has 2 amide bonds. The van der Waals surface area contributed by atoms with E-state index in [2.05, 4.69) is 15.0 Å². The molecule has 0 spiro atoms. The number of hydrogen-bond acceptors (Lipinski definition) is 7. The summed E-state index contributed by atoms with van der Waals surface area (Å²) in [6, 6.07) is 2.24. The lowest BCUT2D eigenvalue weighted by atomic mass is 9.85. The second kappa shape index (κ2) is 11.9. The second-order valence-corrected chi connectivity index (χ2v) is 13.2. The van der Waals surface area contributed by atoms with Crippen molar-refractivity contribution in [2.45, 2.75) is 96.4 Å². The van der Waals surface area contributed by atoms with Gasteiger partial charge in [-0.05, 0) is 48.8 Å². The Kier molecular flexibility index (Phi) is 8.64. The van der Waals surface area contributed by atoms with Gasteiger partial charge in [0.1, 0.15) is 30.3 Å². The SMILES string of the molecule is C[C@@H]1[C@@H]2CN(C(=O)[C@H](C(C)(C)C)NC(=O)O[C@@H]3C[C@H]3CCCCC(F)(F)c3cc4ccc(OC(F)(F)F)cc4nc3O2)[C@@H]1C=O. The number of alkyl halides is 5. The minimum atomic E-state index is -4.98. The molecule has 3 heterocycles. The van der Waals surface area contributed by atoms with Crippen LogP contribution in [0.2, 0.25) is 0 Å². The number of amides is 2. The van der Waals surface area contributed by atoms with E-state index in [1.54, 1.807) is 27.7 Å². The number of alkyl carbamates (subject to hydrolysis) is 1. The first-order chi connectivity index (χ1) is 21.0. The van der Waals surface area contributed by atoms with Crippen molar-refractivity contribution in [1.82, 2.24) is 15.2 Å². The van der Waals surface area contributed by atoms with Crippen molar-refractivity contribution in [3.8, 4) is 11.6 Å². The third-order valence-electron chi connectivity index (χ3n) is 8.74. The van der Waals surface area contributed by atoms with Crippen molar-refractivity contribution in [3.63, 3.8) is 0 Å². The maximum atomic E-state index is 15.9. The molecule has 3 aliphatic rings. The van der Waals surface area contributed by atoms with Gasteiger partial charge in [0.15, 0.2) is 0 Å². The second-order valence-electron chi connectivity index (χ2n) is 13.2. The molecule has 0 radical (unpaired) electrons. The molecule has 2 aromatic rings. The first-order valence-corrected chi connectivity index (χ1v) is 15.0. The van der Waals surface area contributed by atoms with Gasteiger partial charge in [-0.25, -0.2) is 18.6 Å². The average Bonchev–Trinajstić information content (AvgIpc) is 3.59. The molecule has 9 nitrogen and oxygen atoms in total. The number of aromatic nitrogens is 1. The number of nitrogens with zero attached hydrogens (tertiary/aromatic N) is 2. The van der Waals surface area contributed by atoms with Gasteiger partial charge < -0.3 is 29.2 Å². The van der Waals surface area contributed by atoms with Gasteiger partial charge in [0.2, 0.25) is 11.8 Å². The van der Waals surface area contributed by atoms with Gasteiger partial charge in [0.05, 0.1) is 23.7 Å². The Labute approximate surface area is 256 Å². The number of halogens is 5. The number of pyridine rings is 1. The van der Waals surface area contributed by atoms with Crippen molar-refractivity contribution < 1.29 is 50.5 Å². The summed E-state index contributed by atoms with van der Waals surface area (Å²) in [5.41, 5.74) is -1.41. The van der Waals surface area contributed by atoms with E-state index in [-0.39, 0.29) is 35.9 Å². The highest BCUT2D eigenvalue weighted by molar-refractivity contribution is 5.89. The molecule has 14 heteroatoms. The quantitative estimate of drug-likeness (QED) is 0.311. The molecule has 1 aromatic heterocycles. The van der Waals surface area contributed by atoms with E-state index in [0.29, 0.717) is 25.5 Å². The Hall–Kier alpha value is -3.71. The molecule has 5 rings (SSSR count). The van der Waals surface area contributed by atoms with E-state index < -0.39 is 77.4 Å². The van der Waals surface area contributed by atoms with Crippen LogP contribution in [0.1, 0.15) is 65.4 Å². The zero-order valence-electron chi connectivity index (χ0n) is 25.3. The third-order valence-corrected chi connectivity index (χ3v) is 8.74. The fourth-order valence-electron chi connectivity index (χ4n) is 6.05. The van der Waals surface area contributed by atoms with Crippen molar-refractivity contribution in [2.75, 3.05) is 6.54 Å². The van der Waals surface area contributed by atoms with Crippen LogP contribution in [0.3, 0.4) is 0 Å². The molecule has 1 saturated heterocycles. The molecule has 2 bridgehead atoms. The summed E-state index contributed by atoms with van der Waals surface area (Å²) in [5.74, 6) is -5.77. The van der Waals surface area contributed by atoms with E-state index in [4.69, 9.17) is 9.47 Å². The maximum absolute atomic E-state index is 15.9. The smallest absolute Gasteiger partial charge is 0.472 e. The van der Waals surface area contributed by atoms with Crippen molar-refractivity contribution >= 4 is 29.2 Å². The highest BCUT2D eigenvalue weighted by Crippen LogP contribution is 2.44. The largest absolute Gasteiger partial charge is 0.573 e. The first kappa shape index (κ1) is 32.7. The lowest BCUT2D eigenvalue weighted by molar-refractivity contribution is -0.274. The fourth-order valence-corrected chi connectivity index (χ4v) is 6.05. The molecule has 6 atom stereocenters. The number of ether oxygens (including phenoxy) is 3. The highest BCUT2D eigenvalue weighted by Gasteiger charge is 2.49. The molecule has 1 saturated carbocycles. The summed E-state index contributed by atoms with van der Waals surface area (Å²) >= 11 is 0. The lowest BCUT2D eigenvalue weighted by Crippen LogP contribution is -2.56. The molecular weight excluding hydrogens is 605 g/mol. The molecule has 2 fully saturated rings. The van der Waals surface area contributed by atoms with E-state index in [0.717, 1.165) is 18.2 Å². The van der Waals surface area contributed by atoms with Gasteiger partial charge in [-0.3, -0.25) is 4.79 Å². The molecule has 2 aliphatic heterocycles. The fraction of sp³-hybridized carbons (Fsp3) is 0.613. The monoisotopic (exact) mass is 641 g/mol. The Morgan fingerprint density at radius 2 is 1.82 bits per heavy atom. The van der Waals surface area contributed by atoms with E-state index >= 15 is 8.78 Å². The molecule has 1 aliphatic carbocycles. The number of carbonyl (C=O) groups is 3. The Balaban J connectivity index is 1.55. The number of aldehydes is 1. The summed E-state index contributed by atoms with van der Waals surface area (Å²) in [4.78, 5) is 44.4. The summed E-state index contributed by atoms with van der Waals surface area (Å²) in [6.45, 7) is 6.66. The van der Waals surface area contributed by atoms with Crippen LogP contribution in [0.15, 0.2) is 24.3 Å². The number of benzene rings is 1. The third kappa shape index (κ3) is 7.25. The van der Waals surface area contributed by atoms with Crippen LogP contribution in [0.25, 0.3) is 10.9 Å². The Morgan fingerprint density at radius 3 is 2.49 bits per heavy atom. The zero-order chi connectivity index (χ0) is 32.9. The standard InChI is InChI=1S/C31H36F5N3O6/c1-16-22(15-40)39-14-24(16)43-26-20(11-17-8-9-19(13-21(17)37-26)45-31(34,35)36)30(32,33)10-6-5-7-18-12-23(18)44-28(42)38-25(27(39)41)29(2,3)4/h8-9,11,13,15-16,18,22-25H,5-7,10,12,14H2,1-4H3,(H,38,42)/t16-,18+,22+,23+,24-,25+/m0/s1. The van der Waals surface area contributed by atoms with Crippen LogP contribution >= 0.6 is 0 Å². The number of fused-ring (bicyclic) bond motifs is 5. The highest BCUT2D eigenvalue weighted by atomic mass is 19.4. The van der Waals surface area contributed by atoms with Crippen LogP contribution in [-0.4, -0.2) is 65.4 Å². The van der Waals surface area contributed by atoms with Crippen LogP contribution in [0.4, 0.5) is 26.7 Å². The summed E-state index contributed by atoms with van der Waals surface area (Å²) in [6.07, 6.45) is -5.39. The topological polar surface area (TPSA) is 107 Å². The molecule has 1 N–H and O–H groups in total. The van der Waals surface area contributed by atoms with Crippen LogP contribution in [-0.2, 0) is 20.2 Å². The van der Waals surface area contributed by atoms with E-state index in [9.17, 15) is 27.6 Å². The predicted octanol–water partition coefficient (Wildman–Crippen LogP) is 6.12. The maximum Gasteiger partial charge on any atom is 0.573 e. The first-order valence-electron chi connectivity index (χ1n) is 15.0. The Bertz CT molecular complexity index is 1460. The minimum Gasteiger partial charge on any atom is -0.472 e. The molecule has 246 valence electrons. The van der Waals surface area contributed by atoms with Gasteiger partial charge in [0, 0.05) is 23.8 Å². The van der Waals surface area contributed by atoms with Gasteiger partial charge in [0.25, 0.3) is 5.92 Å². The van der Waals surface area contributed by atoms with Crippen molar-refractivity contribution in [2.24, 2.45) is 17.3 Å². The number of rotatable bonds is 2.